The monoisotopic (exact) mass is 1060 g/mol. The van der Waals surface area contributed by atoms with Crippen molar-refractivity contribution in [2.24, 2.45) is 5.92 Å². The molecule has 5 aromatic rings. The Morgan fingerprint density at radius 1 is 0.821 bits per heavy atom. The number of fused-ring (bicyclic) bond motifs is 2. The van der Waals surface area contributed by atoms with Gasteiger partial charge in [0.1, 0.15) is 23.8 Å². The average Bonchev–Trinajstić information content (AvgIpc) is 4.31. The number of piperazine rings is 2. The Balaban J connectivity index is 0.609. The van der Waals surface area contributed by atoms with Gasteiger partial charge in [-0.15, -0.1) is 10.2 Å². The van der Waals surface area contributed by atoms with E-state index in [9.17, 15) is 24.6 Å². The number of rotatable bonds is 14. The summed E-state index contributed by atoms with van der Waals surface area (Å²) in [6.45, 7) is 10.6. The predicted molar refractivity (Wildman–Crippen MR) is 290 cm³/mol. The highest BCUT2D eigenvalue weighted by Crippen LogP contribution is 2.41. The zero-order chi connectivity index (χ0) is 54.2. The number of aliphatic hydroxyl groups is 1. The number of β-amino-alcohol motifs (C(OH)–C–C–N with tert-alkyl or cyclic N) is 1. The van der Waals surface area contributed by atoms with Gasteiger partial charge in [-0.3, -0.25) is 9.59 Å². The molecule has 21 nitrogen and oxygen atoms in total. The summed E-state index contributed by atoms with van der Waals surface area (Å²) >= 11 is 0. The maximum atomic E-state index is 14.3. The van der Waals surface area contributed by atoms with Gasteiger partial charge in [0.25, 0.3) is 0 Å². The van der Waals surface area contributed by atoms with Crippen LogP contribution in [-0.2, 0) is 14.3 Å². The molecule has 8 heterocycles. The van der Waals surface area contributed by atoms with E-state index < -0.39 is 18.1 Å². The number of nitrogen functional groups attached to an aromatic ring is 1. The Hall–Kier alpha value is -7.70. The molecule has 1 saturated carbocycles. The number of hydrogen-bond donors (Lipinski definition) is 4. The molecule has 2 bridgehead atoms. The molecule has 5 saturated heterocycles. The molecular weight excluding hydrogens is 995 g/mol. The number of nitrogens with two attached hydrogens (primary N) is 1. The van der Waals surface area contributed by atoms with E-state index in [1.54, 1.807) is 42.5 Å². The van der Waals surface area contributed by atoms with Gasteiger partial charge in [-0.05, 0) is 80.5 Å². The minimum absolute atomic E-state index is 0.0185. The van der Waals surface area contributed by atoms with E-state index in [1.807, 2.05) is 55.0 Å². The molecule has 5 aliphatic heterocycles. The van der Waals surface area contributed by atoms with Gasteiger partial charge < -0.3 is 64.7 Å². The van der Waals surface area contributed by atoms with Gasteiger partial charge in [0, 0.05) is 120 Å². The molecule has 6 atom stereocenters. The minimum Gasteiger partial charge on any atom is -0.507 e. The van der Waals surface area contributed by atoms with Crippen molar-refractivity contribution in [1.29, 1.82) is 5.26 Å². The maximum absolute atomic E-state index is 14.3. The lowest BCUT2D eigenvalue weighted by Gasteiger charge is -2.43. The number of anilines is 4. The summed E-state index contributed by atoms with van der Waals surface area (Å²) in [5.74, 6) is 0.498. The summed E-state index contributed by atoms with van der Waals surface area (Å²) in [5.41, 5.74) is 10.9. The highest BCUT2D eigenvalue weighted by atomic mass is 16.5. The predicted octanol–water partition coefficient (Wildman–Crippen LogP) is 5.46. The summed E-state index contributed by atoms with van der Waals surface area (Å²) in [6.07, 6.45) is 6.51. The van der Waals surface area contributed by atoms with Gasteiger partial charge in [-0.25, -0.2) is 9.78 Å². The molecule has 0 spiro atoms. The van der Waals surface area contributed by atoms with Crippen molar-refractivity contribution in [1.82, 2.24) is 40.4 Å². The zero-order valence-corrected chi connectivity index (χ0v) is 44.4. The summed E-state index contributed by atoms with van der Waals surface area (Å²) in [4.78, 5) is 58.4. The number of aromatic nitrogens is 4. The van der Waals surface area contributed by atoms with Crippen LogP contribution in [0.25, 0.3) is 11.3 Å². The van der Waals surface area contributed by atoms with Gasteiger partial charge >= 0.3 is 6.03 Å². The number of amides is 4. The molecule has 11 rings (SSSR count). The number of likely N-dealkylation sites (tertiary alicyclic amines) is 2. The van der Waals surface area contributed by atoms with Gasteiger partial charge in [0.15, 0.2) is 17.4 Å². The van der Waals surface area contributed by atoms with E-state index in [1.165, 1.54) is 4.90 Å². The number of carbonyl (C=O) groups excluding carboxylic acids is 3. The number of nitrogens with zero attached hydrogens (tertiary/aromatic N) is 11. The van der Waals surface area contributed by atoms with Crippen LogP contribution in [0.4, 0.5) is 27.8 Å². The number of aromatic hydroxyl groups is 1. The highest BCUT2D eigenvalue weighted by Gasteiger charge is 2.45. The van der Waals surface area contributed by atoms with Gasteiger partial charge in [-0.2, -0.15) is 5.26 Å². The fraction of sp³-hybridized carbons (Fsp3) is 0.509. The van der Waals surface area contributed by atoms with E-state index in [-0.39, 0.29) is 78.9 Å². The first-order chi connectivity index (χ1) is 37.8. The van der Waals surface area contributed by atoms with Crippen molar-refractivity contribution >= 4 is 40.9 Å². The molecule has 78 heavy (non-hydrogen) atoms. The fourth-order valence-corrected chi connectivity index (χ4v) is 12.3. The maximum Gasteiger partial charge on any atom is 0.320 e. The quantitative estimate of drug-likeness (QED) is 0.108. The summed E-state index contributed by atoms with van der Waals surface area (Å²) in [5, 5.41) is 46.2. The summed E-state index contributed by atoms with van der Waals surface area (Å²) < 4.78 is 18.8. The minimum atomic E-state index is -0.865. The first kappa shape index (κ1) is 52.4. The molecule has 410 valence electrons. The van der Waals surface area contributed by atoms with Crippen LogP contribution >= 0.6 is 0 Å². The fourth-order valence-electron chi connectivity index (χ4n) is 12.3. The van der Waals surface area contributed by atoms with Gasteiger partial charge in [0.05, 0.1) is 47.4 Å². The lowest BCUT2D eigenvalue weighted by molar-refractivity contribution is -0.141. The number of ether oxygens (including phenoxy) is 2. The van der Waals surface area contributed by atoms with Crippen molar-refractivity contribution in [3.8, 4) is 29.0 Å². The molecular formula is C57H69N13O8. The molecule has 4 amide bonds. The lowest BCUT2D eigenvalue weighted by atomic mass is 9.91. The molecule has 0 radical (unpaired) electrons. The van der Waals surface area contributed by atoms with Crippen LogP contribution in [0, 0.1) is 17.2 Å². The molecule has 6 fully saturated rings. The smallest absolute Gasteiger partial charge is 0.320 e. The van der Waals surface area contributed by atoms with Gasteiger partial charge in [0.2, 0.25) is 17.7 Å². The van der Waals surface area contributed by atoms with Crippen LogP contribution in [-0.4, -0.2) is 165 Å². The van der Waals surface area contributed by atoms with Crippen LogP contribution in [0.2, 0.25) is 0 Å². The number of para-hydroxylation sites is 1. The number of urea groups is 1. The number of aliphatic hydroxyl groups excluding tert-OH is 1. The molecule has 2 unspecified atom stereocenters. The number of nitrogens with one attached hydrogen (secondary N) is 1. The molecule has 2 aromatic carbocycles. The van der Waals surface area contributed by atoms with E-state index >= 15 is 0 Å². The molecule has 5 N–H and O–H groups in total. The zero-order valence-electron chi connectivity index (χ0n) is 44.4. The number of piperidine rings is 1. The van der Waals surface area contributed by atoms with Crippen molar-refractivity contribution in [3.05, 3.63) is 95.9 Å². The normalized spacial score (nSPS) is 24.2. The second-order valence-electron chi connectivity index (χ2n) is 22.1. The van der Waals surface area contributed by atoms with E-state index in [2.05, 4.69) is 58.6 Å². The molecule has 3 aromatic heterocycles. The van der Waals surface area contributed by atoms with Crippen LogP contribution < -0.4 is 30.5 Å². The third-order valence-electron chi connectivity index (χ3n) is 16.6. The Kier molecular flexibility index (Phi) is 15.0. The van der Waals surface area contributed by atoms with E-state index in [0.717, 1.165) is 68.6 Å². The first-order valence-electron chi connectivity index (χ1n) is 27.5. The van der Waals surface area contributed by atoms with Crippen LogP contribution in [0.5, 0.6) is 11.6 Å². The van der Waals surface area contributed by atoms with Crippen molar-refractivity contribution in [2.45, 2.75) is 120 Å². The Morgan fingerprint density at radius 3 is 2.24 bits per heavy atom. The number of benzene rings is 2. The number of carbonyl (C=O) groups is 3. The molecule has 1 aliphatic carbocycles. The van der Waals surface area contributed by atoms with E-state index in [4.69, 9.17) is 25.0 Å². The van der Waals surface area contributed by atoms with Crippen LogP contribution in [0.3, 0.4) is 0 Å². The van der Waals surface area contributed by atoms with Crippen LogP contribution in [0.1, 0.15) is 94.6 Å². The van der Waals surface area contributed by atoms with Crippen molar-refractivity contribution < 1.29 is 38.6 Å². The number of pyridine rings is 1. The van der Waals surface area contributed by atoms with Crippen molar-refractivity contribution in [2.75, 3.05) is 79.3 Å². The van der Waals surface area contributed by atoms with E-state index in [0.29, 0.717) is 79.4 Å². The highest BCUT2D eigenvalue weighted by molar-refractivity contribution is 5.91. The Morgan fingerprint density at radius 2 is 1.54 bits per heavy atom. The Bertz CT molecular complexity index is 2990. The second kappa shape index (κ2) is 22.3. The third-order valence-corrected chi connectivity index (χ3v) is 16.6. The number of phenols is 1. The standard InChI is InChI=1S/C57H69N13O8/c1-34(2)53(56(74)69-33-41(71)25-48(69)55(73)61-35(3)37-10-8-36(30-58)9-11-37)50-29-51(64-78-50)65-20-22-67(23-21-65)57(75)66-18-15-42(16-19-66)76-43-26-44(27-43)77-52-24-38(14-17-60-52)70-39-12-13-40(70)32-68(31-39)47-28-46(62-63-54(47)59)45-6-4-5-7-49(45)72/h4-11,14,17,24,28-29,34-35,39-44,48,53,71-72H,12-13,15-16,18-23,25-27,31-33H2,1-3H3,(H2,59,63)(H,61,73)/t35-,39?,40?,41+,43-,44-,48-,53+/m0/s1. The SMILES string of the molecule is CC(C)[C@@H](C(=O)N1C[C@H](O)C[C@H]1C(=O)N[C@@H](C)c1ccc(C#N)cc1)c1cc(N2CCN(C(=O)N3CCC(O[C@H]4C[C@H](Oc5cc(N6C7CCC6CN(c6cc(-c8ccccc8O)nnc6N)C7)ccn5)C4)CC3)CC2)no1. The Labute approximate surface area is 453 Å². The third kappa shape index (κ3) is 10.9. The molecule has 6 aliphatic rings. The summed E-state index contributed by atoms with van der Waals surface area (Å²) in [7, 11) is 0. The molecule has 21 heteroatoms. The number of phenolic OH excluding ortho intramolecular Hbond substituents is 1. The lowest BCUT2D eigenvalue weighted by Crippen LogP contribution is -2.55. The van der Waals surface area contributed by atoms with Crippen molar-refractivity contribution in [3.63, 3.8) is 0 Å². The largest absolute Gasteiger partial charge is 0.507 e. The van der Waals surface area contributed by atoms with Gasteiger partial charge in [-0.1, -0.05) is 43.3 Å². The number of nitriles is 1. The number of hydrogen-bond acceptors (Lipinski definition) is 17. The second-order valence-corrected chi connectivity index (χ2v) is 22.1. The first-order valence-corrected chi connectivity index (χ1v) is 27.5. The topological polar surface area (TPSA) is 256 Å². The average molecular weight is 1060 g/mol. The van der Waals surface area contributed by atoms with Crippen LogP contribution in [0.15, 0.2) is 83.5 Å². The summed E-state index contributed by atoms with van der Waals surface area (Å²) in [6, 6.07) is 23.3.